The van der Waals surface area contributed by atoms with E-state index in [0.717, 1.165) is 27.3 Å². The minimum atomic E-state index is -1.08. The fourth-order valence-corrected chi connectivity index (χ4v) is 3.31. The van der Waals surface area contributed by atoms with Crippen LogP contribution in [0.5, 0.6) is 5.75 Å². The van der Waals surface area contributed by atoms with Gasteiger partial charge in [0.1, 0.15) is 18.0 Å². The van der Waals surface area contributed by atoms with Crippen LogP contribution >= 0.6 is 11.8 Å². The van der Waals surface area contributed by atoms with Gasteiger partial charge in [-0.25, -0.2) is 0 Å². The smallest absolute Gasteiger partial charge is 0.131 e. The summed E-state index contributed by atoms with van der Waals surface area (Å²) in [6, 6.07) is 13.9. The van der Waals surface area contributed by atoms with Crippen molar-refractivity contribution in [2.45, 2.75) is 17.1 Å². The molecular weight excluding hydrogens is 282 g/mol. The summed E-state index contributed by atoms with van der Waals surface area (Å²) in [6.45, 7) is 0.922. The monoisotopic (exact) mass is 301 g/mol. The highest BCUT2D eigenvalue weighted by Gasteiger charge is 2.37. The third-order valence-corrected chi connectivity index (χ3v) is 4.64. The molecule has 0 saturated carbocycles. The molecule has 0 bridgehead atoms. The molecule has 1 atom stereocenters. The Labute approximate surface area is 129 Å². The number of likely N-dealkylation sites (N-methyl/N-ethyl adjacent to an activating group) is 1. The van der Waals surface area contributed by atoms with E-state index >= 15 is 0 Å². The van der Waals surface area contributed by atoms with Gasteiger partial charge >= 0.3 is 0 Å². The molecule has 21 heavy (non-hydrogen) atoms. The van der Waals surface area contributed by atoms with Gasteiger partial charge in [0, 0.05) is 17.0 Å². The van der Waals surface area contributed by atoms with Gasteiger partial charge in [0.2, 0.25) is 0 Å². The number of para-hydroxylation sites is 1. The van der Waals surface area contributed by atoms with Gasteiger partial charge in [-0.2, -0.15) is 0 Å². The Morgan fingerprint density at radius 1 is 1.24 bits per heavy atom. The van der Waals surface area contributed by atoms with Gasteiger partial charge < -0.3 is 15.2 Å². The molecule has 0 saturated heterocycles. The van der Waals surface area contributed by atoms with Crippen molar-refractivity contribution in [1.29, 1.82) is 0 Å². The molecule has 1 aliphatic rings. The lowest BCUT2D eigenvalue weighted by atomic mass is 9.84. The van der Waals surface area contributed by atoms with Crippen LogP contribution < -0.4 is 10.1 Å². The SMILES string of the molecule is CNCC1(O)c2cc(SC)ccc2COc2ccccc21. The molecule has 1 unspecified atom stereocenters. The summed E-state index contributed by atoms with van der Waals surface area (Å²) in [5.41, 5.74) is 1.69. The van der Waals surface area contributed by atoms with Crippen LogP contribution in [0, 0.1) is 0 Å². The standard InChI is InChI=1S/C17H19NO2S/c1-18-11-17(19)14-5-3-4-6-16(14)20-10-12-7-8-13(21-2)9-15(12)17/h3-9,18-19H,10-11H2,1-2H3. The fraction of sp³-hybridized carbons (Fsp3) is 0.294. The first kappa shape index (κ1) is 14.4. The van der Waals surface area contributed by atoms with E-state index in [1.807, 2.05) is 43.6 Å². The number of hydrogen-bond acceptors (Lipinski definition) is 4. The van der Waals surface area contributed by atoms with E-state index in [0.29, 0.717) is 13.2 Å². The first-order valence-corrected chi connectivity index (χ1v) is 8.18. The van der Waals surface area contributed by atoms with Crippen molar-refractivity contribution in [2.24, 2.45) is 0 Å². The van der Waals surface area contributed by atoms with E-state index in [2.05, 4.69) is 17.4 Å². The Morgan fingerprint density at radius 2 is 2.05 bits per heavy atom. The van der Waals surface area contributed by atoms with Crippen molar-refractivity contribution >= 4 is 11.8 Å². The van der Waals surface area contributed by atoms with Gasteiger partial charge in [0.05, 0.1) is 0 Å². The van der Waals surface area contributed by atoms with Crippen molar-refractivity contribution in [3.05, 3.63) is 59.2 Å². The van der Waals surface area contributed by atoms with Crippen LogP contribution in [-0.4, -0.2) is 25.0 Å². The number of fused-ring (bicyclic) bond motifs is 2. The molecular formula is C17H19NO2S. The second kappa shape index (κ2) is 5.72. The van der Waals surface area contributed by atoms with Crippen LogP contribution in [-0.2, 0) is 12.2 Å². The molecule has 2 aromatic carbocycles. The molecule has 110 valence electrons. The van der Waals surface area contributed by atoms with Crippen molar-refractivity contribution in [1.82, 2.24) is 5.32 Å². The summed E-state index contributed by atoms with van der Waals surface area (Å²) in [4.78, 5) is 1.14. The molecule has 3 nitrogen and oxygen atoms in total. The average molecular weight is 301 g/mol. The van der Waals surface area contributed by atoms with E-state index in [-0.39, 0.29) is 0 Å². The Hall–Kier alpha value is -1.49. The lowest BCUT2D eigenvalue weighted by molar-refractivity contribution is 0.0813. The van der Waals surface area contributed by atoms with Crippen molar-refractivity contribution in [3.8, 4) is 5.75 Å². The highest BCUT2D eigenvalue weighted by atomic mass is 32.2. The molecule has 1 heterocycles. The molecule has 0 spiro atoms. The van der Waals surface area contributed by atoms with Crippen LogP contribution in [0.2, 0.25) is 0 Å². The Kier molecular flexibility index (Phi) is 3.93. The van der Waals surface area contributed by atoms with Crippen molar-refractivity contribution in [3.63, 3.8) is 0 Å². The largest absolute Gasteiger partial charge is 0.488 e. The van der Waals surface area contributed by atoms with Crippen LogP contribution in [0.1, 0.15) is 16.7 Å². The highest BCUT2D eigenvalue weighted by Crippen LogP contribution is 2.41. The molecule has 0 radical (unpaired) electrons. The molecule has 0 amide bonds. The summed E-state index contributed by atoms with van der Waals surface area (Å²) >= 11 is 1.68. The lowest BCUT2D eigenvalue weighted by Crippen LogP contribution is -2.38. The Bertz CT molecular complexity index is 659. The minimum absolute atomic E-state index is 0.443. The van der Waals surface area contributed by atoms with Gasteiger partial charge in [-0.15, -0.1) is 11.8 Å². The van der Waals surface area contributed by atoms with E-state index in [1.54, 1.807) is 11.8 Å². The third-order valence-electron chi connectivity index (χ3n) is 3.91. The van der Waals surface area contributed by atoms with Gasteiger partial charge in [-0.1, -0.05) is 24.3 Å². The number of ether oxygens (including phenoxy) is 1. The Balaban J connectivity index is 2.24. The summed E-state index contributed by atoms with van der Waals surface area (Å²) < 4.78 is 5.90. The summed E-state index contributed by atoms with van der Waals surface area (Å²) in [6.07, 6.45) is 2.04. The third kappa shape index (κ3) is 2.44. The van der Waals surface area contributed by atoms with E-state index < -0.39 is 5.60 Å². The lowest BCUT2D eigenvalue weighted by Gasteiger charge is -2.30. The normalized spacial score (nSPS) is 20.1. The van der Waals surface area contributed by atoms with Crippen LogP contribution in [0.4, 0.5) is 0 Å². The van der Waals surface area contributed by atoms with E-state index in [9.17, 15) is 5.11 Å². The van der Waals surface area contributed by atoms with Crippen molar-refractivity contribution in [2.75, 3.05) is 19.8 Å². The van der Waals surface area contributed by atoms with Gasteiger partial charge in [0.15, 0.2) is 0 Å². The molecule has 3 rings (SSSR count). The number of rotatable bonds is 3. The molecule has 4 heteroatoms. The number of thioether (sulfide) groups is 1. The second-order valence-electron chi connectivity index (χ2n) is 5.20. The van der Waals surface area contributed by atoms with Crippen molar-refractivity contribution < 1.29 is 9.84 Å². The fourth-order valence-electron chi connectivity index (χ4n) is 2.87. The molecule has 0 aromatic heterocycles. The number of hydrogen-bond donors (Lipinski definition) is 2. The predicted molar refractivity (Wildman–Crippen MR) is 85.9 cm³/mol. The van der Waals surface area contributed by atoms with Gasteiger partial charge in [-0.3, -0.25) is 0 Å². The van der Waals surface area contributed by atoms with Gasteiger partial charge in [-0.05, 0) is 42.6 Å². The zero-order valence-corrected chi connectivity index (χ0v) is 13.0. The summed E-state index contributed by atoms with van der Waals surface area (Å²) in [5, 5.41) is 14.5. The molecule has 0 fully saturated rings. The maximum Gasteiger partial charge on any atom is 0.131 e. The number of benzene rings is 2. The highest BCUT2D eigenvalue weighted by molar-refractivity contribution is 7.98. The van der Waals surface area contributed by atoms with E-state index in [1.165, 1.54) is 0 Å². The van der Waals surface area contributed by atoms with Crippen LogP contribution in [0.3, 0.4) is 0 Å². The average Bonchev–Trinajstić information content (AvgIpc) is 2.64. The zero-order valence-electron chi connectivity index (χ0n) is 12.2. The van der Waals surface area contributed by atoms with Gasteiger partial charge in [0.25, 0.3) is 0 Å². The number of aliphatic hydroxyl groups is 1. The topological polar surface area (TPSA) is 41.5 Å². The predicted octanol–water partition coefficient (Wildman–Crippen LogP) is 2.76. The summed E-state index contributed by atoms with van der Waals surface area (Å²) in [7, 11) is 1.85. The van der Waals surface area contributed by atoms with E-state index in [4.69, 9.17) is 4.74 Å². The quantitative estimate of drug-likeness (QED) is 0.856. The minimum Gasteiger partial charge on any atom is -0.488 e. The van der Waals surface area contributed by atoms with Crippen LogP contribution in [0.25, 0.3) is 0 Å². The zero-order chi connectivity index (χ0) is 14.9. The first-order valence-electron chi connectivity index (χ1n) is 6.95. The molecule has 2 N–H and O–H groups in total. The second-order valence-corrected chi connectivity index (χ2v) is 6.08. The molecule has 1 aliphatic heterocycles. The molecule has 0 aliphatic carbocycles. The summed E-state index contributed by atoms with van der Waals surface area (Å²) in [5.74, 6) is 0.747. The molecule has 2 aromatic rings. The van der Waals surface area contributed by atoms with Crippen LogP contribution in [0.15, 0.2) is 47.4 Å². The number of nitrogens with one attached hydrogen (secondary N) is 1. The maximum atomic E-state index is 11.4. The Morgan fingerprint density at radius 3 is 2.81 bits per heavy atom. The first-order chi connectivity index (χ1) is 10.2. The maximum absolute atomic E-state index is 11.4.